The van der Waals surface area contributed by atoms with Gasteiger partial charge in [-0.25, -0.2) is 0 Å². The van der Waals surface area contributed by atoms with Gasteiger partial charge in [0.15, 0.2) is 0 Å². The Kier molecular flexibility index (Phi) is 51.1. The molecule has 44 heavy (non-hydrogen) atoms. The molecule has 0 aliphatic heterocycles. The Hall–Kier alpha value is -1.82. The van der Waals surface area contributed by atoms with E-state index in [-0.39, 0.29) is 0 Å². The third-order valence-corrected chi connectivity index (χ3v) is 6.72. The van der Waals surface area contributed by atoms with Gasteiger partial charge in [-0.3, -0.25) is 0 Å². The molecule has 0 bridgehead atoms. The number of hydrogen-bond donors (Lipinski definition) is 0. The van der Waals surface area contributed by atoms with E-state index < -0.39 is 0 Å². The molecule has 0 aromatic heterocycles. The first kappa shape index (κ1) is 54.6. The first-order chi connectivity index (χ1) is 20.9. The van der Waals surface area contributed by atoms with E-state index in [2.05, 4.69) is 107 Å². The van der Waals surface area contributed by atoms with Crippen LogP contribution in [0.5, 0.6) is 0 Å². The van der Waals surface area contributed by atoms with Gasteiger partial charge in [-0.15, -0.1) is 0 Å². The zero-order chi connectivity index (χ0) is 36.3. The Labute approximate surface area is 283 Å². The number of aryl methyl sites for hydroxylation is 1. The molecule has 0 atom stereocenters. The van der Waals surface area contributed by atoms with Crippen molar-refractivity contribution in [3.05, 3.63) is 76.9 Å². The average Bonchev–Trinajstić information content (AvgIpc) is 3.03. The molecule has 0 saturated heterocycles. The number of rotatable bonds is 7. The van der Waals surface area contributed by atoms with Crippen molar-refractivity contribution in [1.82, 2.24) is 0 Å². The summed E-state index contributed by atoms with van der Waals surface area (Å²) >= 11 is 0. The van der Waals surface area contributed by atoms with Crippen molar-refractivity contribution >= 4 is 5.57 Å². The van der Waals surface area contributed by atoms with Gasteiger partial charge in [0.2, 0.25) is 0 Å². The van der Waals surface area contributed by atoms with E-state index in [1.807, 2.05) is 62.3 Å². The molecule has 262 valence electrons. The van der Waals surface area contributed by atoms with Crippen LogP contribution in [0, 0.1) is 18.8 Å². The van der Waals surface area contributed by atoms with Gasteiger partial charge < -0.3 is 0 Å². The average molecular weight is 615 g/mol. The lowest BCUT2D eigenvalue weighted by Crippen LogP contribution is -2.08. The molecule has 0 spiro atoms. The van der Waals surface area contributed by atoms with Crippen LogP contribution in [0.1, 0.15) is 193 Å². The lowest BCUT2D eigenvalue weighted by atomic mass is 9.84. The number of hydrogen-bond acceptors (Lipinski definition) is 0. The zero-order valence-corrected chi connectivity index (χ0v) is 34.4. The van der Waals surface area contributed by atoms with E-state index in [4.69, 9.17) is 0 Å². The quantitative estimate of drug-likeness (QED) is 0.212. The molecule has 0 nitrogen and oxygen atoms in total. The van der Waals surface area contributed by atoms with Crippen molar-refractivity contribution in [3.8, 4) is 0 Å². The van der Waals surface area contributed by atoms with Crippen LogP contribution >= 0.6 is 0 Å². The van der Waals surface area contributed by atoms with Gasteiger partial charge in [-0.05, 0) is 80.7 Å². The van der Waals surface area contributed by atoms with Crippen LogP contribution in [0.4, 0.5) is 0 Å². The summed E-state index contributed by atoms with van der Waals surface area (Å²) in [7, 11) is 0. The molecule has 0 amide bonds. The predicted octanol–water partition coefficient (Wildman–Crippen LogP) is 16.6. The fourth-order valence-corrected chi connectivity index (χ4v) is 3.96. The van der Waals surface area contributed by atoms with E-state index in [1.165, 1.54) is 84.8 Å². The fraction of sp³-hybridized carbons (Fsp3) is 0.682. The molecule has 0 radical (unpaired) electrons. The van der Waals surface area contributed by atoms with Gasteiger partial charge in [-0.2, -0.15) is 0 Å². The Bertz CT molecular complexity index is 771. The van der Waals surface area contributed by atoms with Crippen molar-refractivity contribution in [2.45, 2.75) is 189 Å². The Morgan fingerprint density at radius 1 is 0.636 bits per heavy atom. The second-order valence-corrected chi connectivity index (χ2v) is 11.3. The molecule has 0 unspecified atom stereocenters. The molecule has 1 saturated carbocycles. The smallest absolute Gasteiger partial charge is 0.00699 e. The monoisotopic (exact) mass is 615 g/mol. The highest BCUT2D eigenvalue weighted by Gasteiger charge is 2.13. The van der Waals surface area contributed by atoms with Gasteiger partial charge in [0, 0.05) is 0 Å². The van der Waals surface area contributed by atoms with Crippen molar-refractivity contribution in [2.75, 3.05) is 0 Å². The van der Waals surface area contributed by atoms with Crippen LogP contribution < -0.4 is 0 Å². The van der Waals surface area contributed by atoms with Crippen molar-refractivity contribution in [3.63, 3.8) is 0 Å². The van der Waals surface area contributed by atoms with Crippen LogP contribution in [0.25, 0.3) is 5.57 Å². The summed E-state index contributed by atoms with van der Waals surface area (Å²) in [4.78, 5) is 0. The lowest BCUT2D eigenvalue weighted by molar-refractivity contribution is 0.308. The highest BCUT2D eigenvalue weighted by molar-refractivity contribution is 5.82. The normalized spacial score (nSPS) is 13.7. The maximum atomic E-state index is 4.26. The predicted molar refractivity (Wildman–Crippen MR) is 215 cm³/mol. The van der Waals surface area contributed by atoms with Gasteiger partial charge in [0.1, 0.15) is 0 Å². The maximum absolute atomic E-state index is 4.26. The van der Waals surface area contributed by atoms with Crippen LogP contribution in [-0.2, 0) is 6.42 Å². The lowest BCUT2D eigenvalue weighted by Gasteiger charge is -2.22. The highest BCUT2D eigenvalue weighted by Crippen LogP contribution is 2.30. The van der Waals surface area contributed by atoms with Gasteiger partial charge >= 0.3 is 0 Å². The van der Waals surface area contributed by atoms with Crippen LogP contribution in [0.3, 0.4) is 0 Å². The van der Waals surface area contributed by atoms with Crippen molar-refractivity contribution in [2.24, 2.45) is 11.8 Å². The second kappa shape index (κ2) is 41.2. The standard InChI is InChI=1S/C20H26.C8H16.2C4H10.4C2H6/c1-13(2)11-18-9-10-19(12-16(18)7)17(8)20(14(3)4)15(5)6;1-7-3-5-8(2)6-4-7;2*1-3-4-2;4*1-2/h9-10,12H,1,3,8,11H2,2,4-7H3;7-8H,3-6H2,1-2H3;2*3-4H2,1-2H3;4*1-2H3. The van der Waals surface area contributed by atoms with E-state index >= 15 is 0 Å². The first-order valence-corrected chi connectivity index (χ1v) is 18.6. The van der Waals surface area contributed by atoms with E-state index in [1.54, 1.807) is 0 Å². The molecule has 1 aliphatic carbocycles. The number of unbranched alkanes of at least 4 members (excludes halogenated alkanes) is 2. The Balaban J connectivity index is -0.000000124. The summed E-state index contributed by atoms with van der Waals surface area (Å²) in [6, 6.07) is 6.55. The van der Waals surface area contributed by atoms with E-state index in [0.717, 1.165) is 29.4 Å². The summed E-state index contributed by atoms with van der Waals surface area (Å²) in [5, 5.41) is 0. The van der Waals surface area contributed by atoms with Crippen LogP contribution in [0.2, 0.25) is 0 Å². The molecule has 0 N–H and O–H groups in total. The Morgan fingerprint density at radius 3 is 1.20 bits per heavy atom. The summed E-state index contributed by atoms with van der Waals surface area (Å²) in [5.74, 6) is 2.04. The summed E-state index contributed by atoms with van der Waals surface area (Å²) < 4.78 is 0. The third-order valence-electron chi connectivity index (χ3n) is 6.72. The molecular formula is C44H86. The van der Waals surface area contributed by atoms with E-state index in [9.17, 15) is 0 Å². The molecule has 0 heteroatoms. The molecule has 1 aromatic rings. The summed E-state index contributed by atoms with van der Waals surface area (Å²) in [5.41, 5.74) is 9.55. The largest absolute Gasteiger partial charge is 0.0998 e. The van der Waals surface area contributed by atoms with Gasteiger partial charge in [-0.1, -0.05) is 203 Å². The van der Waals surface area contributed by atoms with Crippen LogP contribution in [-0.4, -0.2) is 0 Å². The van der Waals surface area contributed by atoms with Gasteiger partial charge in [0.05, 0.1) is 0 Å². The topological polar surface area (TPSA) is 0 Å². The minimum Gasteiger partial charge on any atom is -0.0998 e. The van der Waals surface area contributed by atoms with Gasteiger partial charge in [0.25, 0.3) is 0 Å². The maximum Gasteiger partial charge on any atom is -0.00699 e. The Morgan fingerprint density at radius 2 is 0.977 bits per heavy atom. The van der Waals surface area contributed by atoms with Crippen molar-refractivity contribution in [1.29, 1.82) is 0 Å². The second-order valence-electron chi connectivity index (χ2n) is 11.3. The van der Waals surface area contributed by atoms with E-state index in [0.29, 0.717) is 0 Å². The zero-order valence-electron chi connectivity index (χ0n) is 34.4. The number of allylic oxidation sites excluding steroid dienone is 5. The molecule has 0 heterocycles. The molecule has 1 fully saturated rings. The fourth-order valence-electron chi connectivity index (χ4n) is 3.96. The minimum atomic E-state index is 0.939. The molecule has 1 aliphatic rings. The van der Waals surface area contributed by atoms with Crippen LogP contribution in [0.15, 0.2) is 60.2 Å². The summed E-state index contributed by atoms with van der Waals surface area (Å²) in [6.07, 6.45) is 12.1. The minimum absolute atomic E-state index is 0.939. The highest BCUT2D eigenvalue weighted by atomic mass is 14.2. The molecule has 2 rings (SSSR count). The summed E-state index contributed by atoms with van der Waals surface area (Å²) in [6.45, 7) is 52.2. The SMILES string of the molecule is C=C(C)Cc1ccc(C(=C)C(C(=C)C)=C(C)C)cc1C.CC.CC.CC.CC.CC1CCC(C)CC1.CCCC.CCCC. The molecule has 1 aromatic carbocycles. The van der Waals surface area contributed by atoms with Crippen molar-refractivity contribution < 1.29 is 0 Å². The molecular weight excluding hydrogens is 528 g/mol. The number of benzene rings is 1. The third kappa shape index (κ3) is 33.1. The first-order valence-electron chi connectivity index (χ1n) is 18.6.